The molecule has 0 aromatic carbocycles. The highest BCUT2D eigenvalue weighted by Crippen LogP contribution is 2.46. The quantitative estimate of drug-likeness (QED) is 0.713. The number of hydrogen-bond acceptors (Lipinski definition) is 5. The van der Waals surface area contributed by atoms with Crippen LogP contribution in [0.5, 0.6) is 0 Å². The molecule has 0 saturated heterocycles. The van der Waals surface area contributed by atoms with E-state index in [4.69, 9.17) is 0 Å². The summed E-state index contributed by atoms with van der Waals surface area (Å²) in [5, 5.41) is 19.4. The first-order chi connectivity index (χ1) is 12.5. The van der Waals surface area contributed by atoms with E-state index in [0.717, 1.165) is 36.7 Å². The summed E-state index contributed by atoms with van der Waals surface area (Å²) in [7, 11) is 1.79. The van der Waals surface area contributed by atoms with Gasteiger partial charge in [-0.25, -0.2) is 0 Å². The number of carbonyl (C=O) groups is 1. The highest BCUT2D eigenvalue weighted by atomic mass is 32.2. The molecule has 0 aliphatic heterocycles. The van der Waals surface area contributed by atoms with Crippen LogP contribution in [0.15, 0.2) is 5.16 Å². The molecule has 3 saturated carbocycles. The summed E-state index contributed by atoms with van der Waals surface area (Å²) < 4.78 is 2.28. The first-order valence-corrected chi connectivity index (χ1v) is 10.8. The summed E-state index contributed by atoms with van der Waals surface area (Å²) in [6.07, 6.45) is 8.38. The number of carbonyl (C=O) groups excluding carboxylic acids is 1. The van der Waals surface area contributed by atoms with Crippen LogP contribution in [-0.2, 0) is 4.79 Å². The Kier molecular flexibility index (Phi) is 4.72. The van der Waals surface area contributed by atoms with Crippen LogP contribution in [0, 0.1) is 17.2 Å². The van der Waals surface area contributed by atoms with E-state index in [9.17, 15) is 10.1 Å². The molecule has 1 aromatic rings. The zero-order valence-electron chi connectivity index (χ0n) is 15.6. The minimum Gasteiger partial charge on any atom is -0.326 e. The van der Waals surface area contributed by atoms with Crippen LogP contribution in [0.2, 0.25) is 0 Å². The second-order valence-corrected chi connectivity index (χ2v) is 9.23. The van der Waals surface area contributed by atoms with E-state index < -0.39 is 5.54 Å². The molecule has 0 bridgehead atoms. The lowest BCUT2D eigenvalue weighted by Crippen LogP contribution is -2.51. The SMILES string of the molecule is CC1CCC(C#N)(N(C)C(=O)CSc2nnc(C3CC3)n2C2CC2)CC1. The minimum atomic E-state index is -0.631. The Morgan fingerprint density at radius 1 is 1.27 bits per heavy atom. The monoisotopic (exact) mass is 373 g/mol. The molecular formula is C19H27N5OS. The molecule has 0 radical (unpaired) electrons. The van der Waals surface area contributed by atoms with Crippen LogP contribution in [0.25, 0.3) is 0 Å². The summed E-state index contributed by atoms with van der Waals surface area (Å²) in [6, 6.07) is 2.98. The predicted octanol–water partition coefficient (Wildman–Crippen LogP) is 3.51. The molecule has 3 aliphatic rings. The van der Waals surface area contributed by atoms with Gasteiger partial charge in [-0.2, -0.15) is 5.26 Å². The summed E-state index contributed by atoms with van der Waals surface area (Å²) in [5.74, 6) is 2.68. The highest BCUT2D eigenvalue weighted by Gasteiger charge is 2.41. The first kappa shape index (κ1) is 17.8. The number of nitrogens with zero attached hydrogens (tertiary/aromatic N) is 5. The second kappa shape index (κ2) is 6.88. The first-order valence-electron chi connectivity index (χ1n) is 9.79. The number of nitriles is 1. The molecular weight excluding hydrogens is 346 g/mol. The van der Waals surface area contributed by atoms with E-state index in [1.165, 1.54) is 37.4 Å². The van der Waals surface area contributed by atoms with Gasteiger partial charge in [-0.15, -0.1) is 10.2 Å². The molecule has 26 heavy (non-hydrogen) atoms. The molecule has 4 rings (SSSR count). The van der Waals surface area contributed by atoms with Crippen LogP contribution >= 0.6 is 11.8 Å². The molecule has 140 valence electrons. The van der Waals surface area contributed by atoms with Crippen molar-refractivity contribution in [2.45, 2.75) is 80.9 Å². The fourth-order valence-electron chi connectivity index (χ4n) is 3.91. The van der Waals surface area contributed by atoms with Gasteiger partial charge in [-0.1, -0.05) is 18.7 Å². The van der Waals surface area contributed by atoms with E-state index in [-0.39, 0.29) is 5.91 Å². The van der Waals surface area contributed by atoms with E-state index in [1.54, 1.807) is 11.9 Å². The highest BCUT2D eigenvalue weighted by molar-refractivity contribution is 7.99. The number of rotatable bonds is 6. The molecule has 7 heteroatoms. The zero-order chi connectivity index (χ0) is 18.3. The number of thioether (sulfide) groups is 1. The molecule has 6 nitrogen and oxygen atoms in total. The topological polar surface area (TPSA) is 74.8 Å². The van der Waals surface area contributed by atoms with Gasteiger partial charge >= 0.3 is 0 Å². The van der Waals surface area contributed by atoms with Gasteiger partial charge in [0.05, 0.1) is 11.8 Å². The van der Waals surface area contributed by atoms with Crippen molar-refractivity contribution in [3.63, 3.8) is 0 Å². The lowest BCUT2D eigenvalue weighted by Gasteiger charge is -2.40. The Morgan fingerprint density at radius 3 is 2.54 bits per heavy atom. The van der Waals surface area contributed by atoms with Crippen LogP contribution in [-0.4, -0.2) is 43.9 Å². The molecule has 0 atom stereocenters. The summed E-state index contributed by atoms with van der Waals surface area (Å²) in [4.78, 5) is 14.5. The summed E-state index contributed by atoms with van der Waals surface area (Å²) in [5.41, 5.74) is -0.631. The zero-order valence-corrected chi connectivity index (χ0v) is 16.5. The Bertz CT molecular complexity index is 723. The molecule has 3 aliphatic carbocycles. The molecule has 1 amide bonds. The van der Waals surface area contributed by atoms with E-state index in [0.29, 0.717) is 23.6 Å². The number of aromatic nitrogens is 3. The fraction of sp³-hybridized carbons (Fsp3) is 0.789. The van der Waals surface area contributed by atoms with E-state index >= 15 is 0 Å². The maximum absolute atomic E-state index is 12.8. The standard InChI is InChI=1S/C19H27N5OS/c1-13-7-9-19(12-20,10-8-13)23(2)16(25)11-26-18-22-21-17(14-3-4-14)24(18)15-5-6-15/h13-15H,3-11H2,1-2H3. The lowest BCUT2D eigenvalue weighted by atomic mass is 9.77. The van der Waals surface area contributed by atoms with Crippen LogP contribution in [0.1, 0.15) is 76.1 Å². The van der Waals surface area contributed by atoms with E-state index in [1.807, 2.05) is 0 Å². The van der Waals surface area contributed by atoms with Gasteiger partial charge in [0.25, 0.3) is 0 Å². The van der Waals surface area contributed by atoms with Gasteiger partial charge < -0.3 is 9.47 Å². The maximum Gasteiger partial charge on any atom is 0.234 e. The van der Waals surface area contributed by atoms with Gasteiger partial charge in [0.2, 0.25) is 5.91 Å². The van der Waals surface area contributed by atoms with Crippen molar-refractivity contribution in [1.82, 2.24) is 19.7 Å². The van der Waals surface area contributed by atoms with E-state index in [2.05, 4.69) is 27.8 Å². The van der Waals surface area contributed by atoms with Crippen molar-refractivity contribution in [3.05, 3.63) is 5.82 Å². The van der Waals surface area contributed by atoms with Gasteiger partial charge in [-0.3, -0.25) is 4.79 Å². The second-order valence-electron chi connectivity index (χ2n) is 8.28. The van der Waals surface area contributed by atoms with Crippen molar-refractivity contribution in [1.29, 1.82) is 5.26 Å². The van der Waals surface area contributed by atoms with Crippen molar-refractivity contribution < 1.29 is 4.79 Å². The molecule has 0 unspecified atom stereocenters. The molecule has 0 N–H and O–H groups in total. The smallest absolute Gasteiger partial charge is 0.234 e. The average molecular weight is 374 g/mol. The average Bonchev–Trinajstić information content (AvgIpc) is 3.59. The van der Waals surface area contributed by atoms with Crippen LogP contribution in [0.3, 0.4) is 0 Å². The van der Waals surface area contributed by atoms with Crippen LogP contribution in [0.4, 0.5) is 0 Å². The van der Waals surface area contributed by atoms with Crippen molar-refractivity contribution in [2.24, 2.45) is 5.92 Å². The third kappa shape index (κ3) is 3.36. The van der Waals surface area contributed by atoms with Gasteiger partial charge in [0.1, 0.15) is 11.4 Å². The summed E-state index contributed by atoms with van der Waals surface area (Å²) >= 11 is 1.48. The normalized spacial score (nSPS) is 28.6. The third-order valence-electron chi connectivity index (χ3n) is 6.20. The molecule has 0 spiro atoms. The summed E-state index contributed by atoms with van der Waals surface area (Å²) in [6.45, 7) is 2.22. The Hall–Kier alpha value is -1.55. The van der Waals surface area contributed by atoms with Gasteiger partial charge in [-0.05, 0) is 57.3 Å². The maximum atomic E-state index is 12.8. The largest absolute Gasteiger partial charge is 0.326 e. The number of hydrogen-bond donors (Lipinski definition) is 0. The molecule has 1 aromatic heterocycles. The fourth-order valence-corrected chi connectivity index (χ4v) is 4.83. The minimum absolute atomic E-state index is 0.0180. The van der Waals surface area contributed by atoms with Gasteiger partial charge in [0.15, 0.2) is 5.16 Å². The Morgan fingerprint density at radius 2 is 1.96 bits per heavy atom. The van der Waals surface area contributed by atoms with Gasteiger partial charge in [0, 0.05) is 19.0 Å². The Balaban J connectivity index is 1.42. The predicted molar refractivity (Wildman–Crippen MR) is 99.7 cm³/mol. The molecule has 3 fully saturated rings. The van der Waals surface area contributed by atoms with Crippen molar-refractivity contribution in [3.8, 4) is 6.07 Å². The number of amides is 1. The van der Waals surface area contributed by atoms with Crippen molar-refractivity contribution >= 4 is 17.7 Å². The van der Waals surface area contributed by atoms with Crippen molar-refractivity contribution in [2.75, 3.05) is 12.8 Å². The third-order valence-corrected chi connectivity index (χ3v) is 7.12. The van der Waals surface area contributed by atoms with Crippen LogP contribution < -0.4 is 0 Å². The molecule has 1 heterocycles. The lowest BCUT2D eigenvalue weighted by molar-refractivity contribution is -0.132. The Labute approximate surface area is 159 Å².